The molecule has 0 saturated carbocycles. The minimum absolute atomic E-state index is 0.0245. The standard InChI is InChI=1S/C17H18ClN5O/c1-12(2)19-16(24)15-17(22-9-3-4-10-22)23(21-20-15)11-13-5-7-14(18)8-6-13/h3-10,12H,11H2,1-2H3,(H,19,24). The van der Waals surface area contributed by atoms with Gasteiger partial charge in [-0.15, -0.1) is 5.10 Å². The highest BCUT2D eigenvalue weighted by Gasteiger charge is 2.21. The summed E-state index contributed by atoms with van der Waals surface area (Å²) in [6, 6.07) is 11.3. The van der Waals surface area contributed by atoms with Crippen molar-refractivity contribution >= 4 is 17.5 Å². The summed E-state index contributed by atoms with van der Waals surface area (Å²) in [7, 11) is 0. The molecule has 0 aliphatic rings. The van der Waals surface area contributed by atoms with Gasteiger partial charge in [0.2, 0.25) is 0 Å². The lowest BCUT2D eigenvalue weighted by Crippen LogP contribution is -2.31. The zero-order chi connectivity index (χ0) is 17.1. The first-order valence-corrected chi connectivity index (χ1v) is 8.04. The predicted molar refractivity (Wildman–Crippen MR) is 92.5 cm³/mol. The van der Waals surface area contributed by atoms with Crippen LogP contribution in [0.4, 0.5) is 0 Å². The van der Waals surface area contributed by atoms with Crippen molar-refractivity contribution in [3.8, 4) is 5.82 Å². The zero-order valence-corrected chi connectivity index (χ0v) is 14.2. The Morgan fingerprint density at radius 1 is 1.21 bits per heavy atom. The first kappa shape index (κ1) is 16.3. The van der Waals surface area contributed by atoms with Gasteiger partial charge in [0.05, 0.1) is 6.54 Å². The van der Waals surface area contributed by atoms with Crippen LogP contribution in [-0.4, -0.2) is 31.5 Å². The Kier molecular flexibility index (Phi) is 4.66. The second kappa shape index (κ2) is 6.88. The Labute approximate surface area is 145 Å². The van der Waals surface area contributed by atoms with Crippen molar-refractivity contribution in [3.05, 3.63) is 65.1 Å². The maximum Gasteiger partial charge on any atom is 0.275 e. The second-order valence-electron chi connectivity index (χ2n) is 5.76. The summed E-state index contributed by atoms with van der Waals surface area (Å²) in [4.78, 5) is 12.4. The van der Waals surface area contributed by atoms with E-state index in [1.807, 2.05) is 67.2 Å². The number of carbonyl (C=O) groups excluding carboxylic acids is 1. The summed E-state index contributed by atoms with van der Waals surface area (Å²) in [5.41, 5.74) is 1.32. The SMILES string of the molecule is CC(C)NC(=O)c1nnn(Cc2ccc(Cl)cc2)c1-n1cccc1. The Balaban J connectivity index is 1.98. The molecule has 1 N–H and O–H groups in total. The molecule has 0 radical (unpaired) electrons. The fourth-order valence-electron chi connectivity index (χ4n) is 2.39. The van der Waals surface area contributed by atoms with Gasteiger partial charge in [0.15, 0.2) is 11.5 Å². The van der Waals surface area contributed by atoms with Gasteiger partial charge in [0, 0.05) is 23.5 Å². The third kappa shape index (κ3) is 3.49. The number of hydrogen-bond donors (Lipinski definition) is 1. The predicted octanol–water partition coefficient (Wildman–Crippen LogP) is 2.91. The lowest BCUT2D eigenvalue weighted by Gasteiger charge is -2.11. The summed E-state index contributed by atoms with van der Waals surface area (Å²) in [6.07, 6.45) is 3.73. The molecule has 0 aliphatic carbocycles. The molecule has 124 valence electrons. The van der Waals surface area contributed by atoms with Crippen molar-refractivity contribution in [2.45, 2.75) is 26.4 Å². The van der Waals surface area contributed by atoms with E-state index < -0.39 is 0 Å². The van der Waals surface area contributed by atoms with Gasteiger partial charge in [-0.05, 0) is 43.7 Å². The summed E-state index contributed by atoms with van der Waals surface area (Å²) < 4.78 is 3.55. The van der Waals surface area contributed by atoms with Gasteiger partial charge in [0.25, 0.3) is 5.91 Å². The molecule has 1 aromatic carbocycles. The van der Waals surface area contributed by atoms with E-state index in [4.69, 9.17) is 11.6 Å². The van der Waals surface area contributed by atoms with Gasteiger partial charge in [-0.25, -0.2) is 4.68 Å². The van der Waals surface area contributed by atoms with Gasteiger partial charge in [-0.3, -0.25) is 4.79 Å². The van der Waals surface area contributed by atoms with Crippen LogP contribution in [0.15, 0.2) is 48.8 Å². The quantitative estimate of drug-likeness (QED) is 0.774. The van der Waals surface area contributed by atoms with E-state index in [-0.39, 0.29) is 11.9 Å². The highest BCUT2D eigenvalue weighted by atomic mass is 35.5. The average molecular weight is 344 g/mol. The van der Waals surface area contributed by atoms with Gasteiger partial charge in [0.1, 0.15) is 0 Å². The molecule has 0 atom stereocenters. The largest absolute Gasteiger partial charge is 0.348 e. The summed E-state index contributed by atoms with van der Waals surface area (Å²) in [5.74, 6) is 0.393. The first-order chi connectivity index (χ1) is 11.5. The normalized spacial score (nSPS) is 11.0. The van der Waals surface area contributed by atoms with Gasteiger partial charge < -0.3 is 9.88 Å². The van der Waals surface area contributed by atoms with Gasteiger partial charge in [-0.2, -0.15) is 0 Å². The molecule has 0 unspecified atom stereocenters. The third-order valence-corrected chi connectivity index (χ3v) is 3.69. The summed E-state index contributed by atoms with van der Waals surface area (Å²) in [6.45, 7) is 4.31. The number of nitrogens with one attached hydrogen (secondary N) is 1. The molecule has 1 amide bonds. The number of carbonyl (C=O) groups is 1. The highest BCUT2D eigenvalue weighted by Crippen LogP contribution is 2.16. The van der Waals surface area contributed by atoms with Crippen LogP contribution in [0, 0.1) is 0 Å². The van der Waals surface area contributed by atoms with Crippen LogP contribution in [0.3, 0.4) is 0 Å². The van der Waals surface area contributed by atoms with Crippen molar-refractivity contribution in [1.29, 1.82) is 0 Å². The number of hydrogen-bond acceptors (Lipinski definition) is 3. The fourth-order valence-corrected chi connectivity index (χ4v) is 2.51. The lowest BCUT2D eigenvalue weighted by molar-refractivity contribution is 0.0938. The van der Waals surface area contributed by atoms with E-state index >= 15 is 0 Å². The molecule has 6 nitrogen and oxygen atoms in total. The molecule has 0 spiro atoms. The van der Waals surface area contributed by atoms with Crippen molar-refractivity contribution < 1.29 is 4.79 Å². The zero-order valence-electron chi connectivity index (χ0n) is 13.5. The molecular formula is C17H18ClN5O. The number of halogens is 1. The summed E-state index contributed by atoms with van der Waals surface area (Å²) >= 11 is 5.93. The molecule has 2 aromatic heterocycles. The van der Waals surface area contributed by atoms with E-state index in [9.17, 15) is 4.79 Å². The van der Waals surface area contributed by atoms with E-state index in [0.29, 0.717) is 23.1 Å². The van der Waals surface area contributed by atoms with Crippen molar-refractivity contribution in [1.82, 2.24) is 24.9 Å². The molecule has 24 heavy (non-hydrogen) atoms. The van der Waals surface area contributed by atoms with Crippen molar-refractivity contribution in [2.24, 2.45) is 0 Å². The van der Waals surface area contributed by atoms with Crippen LogP contribution in [0.2, 0.25) is 5.02 Å². The molecule has 7 heteroatoms. The molecule has 2 heterocycles. The number of rotatable bonds is 5. The van der Waals surface area contributed by atoms with Crippen LogP contribution in [-0.2, 0) is 6.54 Å². The summed E-state index contributed by atoms with van der Waals surface area (Å²) in [5, 5.41) is 11.8. The van der Waals surface area contributed by atoms with Gasteiger partial charge >= 0.3 is 0 Å². The van der Waals surface area contributed by atoms with Crippen LogP contribution >= 0.6 is 11.6 Å². The van der Waals surface area contributed by atoms with Crippen LogP contribution in [0.1, 0.15) is 29.9 Å². The topological polar surface area (TPSA) is 64.7 Å². The first-order valence-electron chi connectivity index (χ1n) is 7.66. The van der Waals surface area contributed by atoms with Crippen molar-refractivity contribution in [3.63, 3.8) is 0 Å². The highest BCUT2D eigenvalue weighted by molar-refractivity contribution is 6.30. The Bertz CT molecular complexity index is 821. The second-order valence-corrected chi connectivity index (χ2v) is 6.20. The number of aromatic nitrogens is 4. The van der Waals surface area contributed by atoms with Crippen molar-refractivity contribution in [2.75, 3.05) is 0 Å². The number of amides is 1. The Morgan fingerprint density at radius 2 is 1.88 bits per heavy atom. The van der Waals surface area contributed by atoms with Crippen LogP contribution < -0.4 is 5.32 Å². The third-order valence-electron chi connectivity index (χ3n) is 3.44. The molecule has 0 saturated heterocycles. The molecule has 0 aliphatic heterocycles. The minimum atomic E-state index is -0.240. The Morgan fingerprint density at radius 3 is 2.50 bits per heavy atom. The lowest BCUT2D eigenvalue weighted by atomic mass is 10.2. The molecule has 3 rings (SSSR count). The Hall–Kier alpha value is -2.60. The molecule has 0 bridgehead atoms. The van der Waals surface area contributed by atoms with Crippen LogP contribution in [0.5, 0.6) is 0 Å². The average Bonchev–Trinajstić information content (AvgIpc) is 3.18. The van der Waals surface area contributed by atoms with E-state index in [1.54, 1.807) is 4.68 Å². The molecule has 3 aromatic rings. The molecule has 0 fully saturated rings. The van der Waals surface area contributed by atoms with Crippen LogP contribution in [0.25, 0.3) is 5.82 Å². The maximum absolute atomic E-state index is 12.4. The van der Waals surface area contributed by atoms with Gasteiger partial charge in [-0.1, -0.05) is 28.9 Å². The van der Waals surface area contributed by atoms with E-state index in [0.717, 1.165) is 5.56 Å². The monoisotopic (exact) mass is 343 g/mol. The number of benzene rings is 1. The fraction of sp³-hybridized carbons (Fsp3) is 0.235. The van der Waals surface area contributed by atoms with E-state index in [1.165, 1.54) is 0 Å². The smallest absolute Gasteiger partial charge is 0.275 e. The van der Waals surface area contributed by atoms with E-state index in [2.05, 4.69) is 15.6 Å². The maximum atomic E-state index is 12.4. The number of nitrogens with zero attached hydrogens (tertiary/aromatic N) is 4. The molecular weight excluding hydrogens is 326 g/mol. The minimum Gasteiger partial charge on any atom is -0.348 e.